The fraction of sp³-hybridized carbons (Fsp3) is 0.571. The third kappa shape index (κ3) is 2.13. The summed E-state index contributed by atoms with van der Waals surface area (Å²) in [5.41, 5.74) is 0. The van der Waals surface area contributed by atoms with Crippen LogP contribution in [0.4, 0.5) is 19.0 Å². The second-order valence-corrected chi connectivity index (χ2v) is 2.59. The third-order valence-corrected chi connectivity index (χ3v) is 1.49. The third-order valence-electron chi connectivity index (χ3n) is 1.49. The first-order chi connectivity index (χ1) is 5.95. The maximum Gasteiger partial charge on any atom is 0.449 e. The lowest BCUT2D eigenvalue weighted by molar-refractivity contribution is -0.146. The Bertz CT molecular complexity index is 290. The van der Waals surface area contributed by atoms with Gasteiger partial charge in [0.15, 0.2) is 0 Å². The standard InChI is InChI=1S/C7H10F3N3/c1-3-11-5-4-13(2)6(12-5)7(8,9)10/h4,11H,3H2,1-2H3. The smallest absolute Gasteiger partial charge is 0.369 e. The Morgan fingerprint density at radius 2 is 2.15 bits per heavy atom. The average Bonchev–Trinajstić information content (AvgIpc) is 2.30. The van der Waals surface area contributed by atoms with E-state index in [1.807, 2.05) is 0 Å². The molecule has 0 aliphatic heterocycles. The summed E-state index contributed by atoms with van der Waals surface area (Å²) in [5.74, 6) is -0.638. The van der Waals surface area contributed by atoms with Gasteiger partial charge in [0.25, 0.3) is 0 Å². The van der Waals surface area contributed by atoms with Crippen molar-refractivity contribution < 1.29 is 13.2 Å². The lowest BCUT2D eigenvalue weighted by Crippen LogP contribution is -2.12. The molecule has 13 heavy (non-hydrogen) atoms. The van der Waals surface area contributed by atoms with E-state index in [1.165, 1.54) is 13.2 Å². The molecule has 0 radical (unpaired) electrons. The van der Waals surface area contributed by atoms with Crippen LogP contribution >= 0.6 is 0 Å². The molecule has 3 nitrogen and oxygen atoms in total. The largest absolute Gasteiger partial charge is 0.449 e. The molecule has 0 atom stereocenters. The van der Waals surface area contributed by atoms with Crippen molar-refractivity contribution in [1.29, 1.82) is 0 Å². The van der Waals surface area contributed by atoms with Crippen LogP contribution in [0.1, 0.15) is 12.7 Å². The van der Waals surface area contributed by atoms with E-state index in [4.69, 9.17) is 0 Å². The van der Waals surface area contributed by atoms with Crippen molar-refractivity contribution in [1.82, 2.24) is 9.55 Å². The molecular weight excluding hydrogens is 183 g/mol. The van der Waals surface area contributed by atoms with Crippen molar-refractivity contribution >= 4 is 5.82 Å². The van der Waals surface area contributed by atoms with Gasteiger partial charge >= 0.3 is 6.18 Å². The minimum Gasteiger partial charge on any atom is -0.369 e. The Kier molecular flexibility index (Phi) is 2.49. The van der Waals surface area contributed by atoms with Gasteiger partial charge in [-0.25, -0.2) is 4.98 Å². The zero-order valence-corrected chi connectivity index (χ0v) is 7.31. The topological polar surface area (TPSA) is 29.9 Å². The Hall–Kier alpha value is -1.20. The molecule has 0 saturated heterocycles. The molecule has 1 N–H and O–H groups in total. The molecule has 0 aliphatic rings. The summed E-state index contributed by atoms with van der Waals surface area (Å²) in [6.45, 7) is 2.34. The Morgan fingerprint density at radius 1 is 1.54 bits per heavy atom. The Balaban J connectivity index is 2.96. The van der Waals surface area contributed by atoms with E-state index >= 15 is 0 Å². The molecule has 1 heterocycles. The summed E-state index contributed by atoms with van der Waals surface area (Å²) in [7, 11) is 1.32. The van der Waals surface area contributed by atoms with Crippen molar-refractivity contribution in [2.75, 3.05) is 11.9 Å². The maximum atomic E-state index is 12.2. The van der Waals surface area contributed by atoms with E-state index in [1.54, 1.807) is 6.92 Å². The van der Waals surface area contributed by atoms with Crippen LogP contribution in [0.5, 0.6) is 0 Å². The molecule has 0 aromatic carbocycles. The van der Waals surface area contributed by atoms with E-state index in [-0.39, 0.29) is 5.82 Å². The quantitative estimate of drug-likeness (QED) is 0.777. The fourth-order valence-electron chi connectivity index (χ4n) is 0.996. The molecule has 0 fully saturated rings. The molecule has 74 valence electrons. The summed E-state index contributed by atoms with van der Waals surface area (Å²) in [5, 5.41) is 2.71. The van der Waals surface area contributed by atoms with Gasteiger partial charge in [-0.15, -0.1) is 0 Å². The molecule has 0 saturated carbocycles. The number of aryl methyl sites for hydroxylation is 1. The normalized spacial score (nSPS) is 11.8. The summed E-state index contributed by atoms with van der Waals surface area (Å²) in [4.78, 5) is 3.40. The highest BCUT2D eigenvalue weighted by Gasteiger charge is 2.36. The molecule has 0 aliphatic carbocycles. The summed E-state index contributed by atoms with van der Waals surface area (Å²) in [6.07, 6.45) is -3.07. The highest BCUT2D eigenvalue weighted by Crippen LogP contribution is 2.28. The minimum absolute atomic E-state index is 0.248. The summed E-state index contributed by atoms with van der Waals surface area (Å²) in [6, 6.07) is 0. The van der Waals surface area contributed by atoms with Gasteiger partial charge in [0.05, 0.1) is 0 Å². The van der Waals surface area contributed by atoms with Gasteiger partial charge in [-0.05, 0) is 6.92 Å². The van der Waals surface area contributed by atoms with Crippen LogP contribution < -0.4 is 5.32 Å². The number of aromatic nitrogens is 2. The van der Waals surface area contributed by atoms with E-state index in [0.717, 1.165) is 4.57 Å². The molecule has 0 spiro atoms. The molecule has 0 bridgehead atoms. The highest BCUT2D eigenvalue weighted by atomic mass is 19.4. The molecule has 1 aromatic rings. The van der Waals surface area contributed by atoms with Crippen molar-refractivity contribution in [3.05, 3.63) is 12.0 Å². The van der Waals surface area contributed by atoms with E-state index in [9.17, 15) is 13.2 Å². The van der Waals surface area contributed by atoms with Crippen LogP contribution in [0.2, 0.25) is 0 Å². The van der Waals surface area contributed by atoms with Crippen LogP contribution in [-0.4, -0.2) is 16.1 Å². The highest BCUT2D eigenvalue weighted by molar-refractivity contribution is 5.33. The van der Waals surface area contributed by atoms with Crippen LogP contribution in [0.15, 0.2) is 6.20 Å². The number of alkyl halides is 3. The first kappa shape index (κ1) is 9.88. The minimum atomic E-state index is -4.39. The molecule has 0 amide bonds. The number of hydrogen-bond acceptors (Lipinski definition) is 2. The number of anilines is 1. The number of rotatable bonds is 2. The van der Waals surface area contributed by atoms with Gasteiger partial charge in [-0.2, -0.15) is 13.2 Å². The van der Waals surface area contributed by atoms with Crippen LogP contribution in [0.25, 0.3) is 0 Å². The van der Waals surface area contributed by atoms with Gasteiger partial charge < -0.3 is 9.88 Å². The fourth-order valence-corrected chi connectivity index (χ4v) is 0.996. The molecule has 1 aromatic heterocycles. The number of halogens is 3. The number of hydrogen-bond donors (Lipinski definition) is 1. The zero-order chi connectivity index (χ0) is 10.1. The van der Waals surface area contributed by atoms with Gasteiger partial charge in [0.1, 0.15) is 5.82 Å². The van der Waals surface area contributed by atoms with Crippen molar-refractivity contribution in [2.24, 2.45) is 7.05 Å². The predicted molar refractivity (Wildman–Crippen MR) is 42.4 cm³/mol. The molecule has 1 rings (SSSR count). The number of imidazole rings is 1. The Morgan fingerprint density at radius 3 is 2.54 bits per heavy atom. The summed E-state index contributed by atoms with van der Waals surface area (Å²) < 4.78 is 37.5. The predicted octanol–water partition coefficient (Wildman–Crippen LogP) is 1.87. The SMILES string of the molecule is CCNc1cn(C)c(C(F)(F)F)n1. The van der Waals surface area contributed by atoms with Gasteiger partial charge in [-0.1, -0.05) is 0 Å². The van der Waals surface area contributed by atoms with Crippen molar-refractivity contribution in [3.8, 4) is 0 Å². The lowest BCUT2D eigenvalue weighted by Gasteiger charge is -2.03. The first-order valence-corrected chi connectivity index (χ1v) is 3.79. The second kappa shape index (κ2) is 3.27. The van der Waals surface area contributed by atoms with Gasteiger partial charge in [-0.3, -0.25) is 0 Å². The monoisotopic (exact) mass is 193 g/mol. The van der Waals surface area contributed by atoms with Gasteiger partial charge in [0.2, 0.25) is 5.82 Å². The lowest BCUT2D eigenvalue weighted by atomic mass is 10.6. The van der Waals surface area contributed by atoms with Crippen molar-refractivity contribution in [2.45, 2.75) is 13.1 Å². The second-order valence-electron chi connectivity index (χ2n) is 2.59. The van der Waals surface area contributed by atoms with E-state index in [2.05, 4.69) is 10.3 Å². The van der Waals surface area contributed by atoms with Gasteiger partial charge in [0, 0.05) is 19.8 Å². The summed E-state index contributed by atoms with van der Waals surface area (Å²) >= 11 is 0. The zero-order valence-electron chi connectivity index (χ0n) is 7.31. The molecular formula is C7H10F3N3. The van der Waals surface area contributed by atoms with E-state index in [0.29, 0.717) is 6.54 Å². The molecule has 0 unspecified atom stereocenters. The van der Waals surface area contributed by atoms with E-state index < -0.39 is 12.0 Å². The first-order valence-electron chi connectivity index (χ1n) is 3.79. The van der Waals surface area contributed by atoms with Crippen LogP contribution in [-0.2, 0) is 13.2 Å². The van der Waals surface area contributed by atoms with Crippen LogP contribution in [0, 0.1) is 0 Å². The van der Waals surface area contributed by atoms with Crippen LogP contribution in [0.3, 0.4) is 0 Å². The Labute approximate surface area is 73.6 Å². The number of nitrogens with one attached hydrogen (secondary N) is 1. The number of nitrogens with zero attached hydrogens (tertiary/aromatic N) is 2. The van der Waals surface area contributed by atoms with Crippen molar-refractivity contribution in [3.63, 3.8) is 0 Å². The average molecular weight is 193 g/mol. The molecule has 6 heteroatoms. The maximum absolute atomic E-state index is 12.2.